The van der Waals surface area contributed by atoms with Crippen molar-refractivity contribution in [3.05, 3.63) is 46.7 Å². The summed E-state index contributed by atoms with van der Waals surface area (Å²) in [4.78, 5) is 39.3. The van der Waals surface area contributed by atoms with Crippen LogP contribution in [0.2, 0.25) is 0 Å². The van der Waals surface area contributed by atoms with Crippen molar-refractivity contribution >= 4 is 17.8 Å². The van der Waals surface area contributed by atoms with E-state index in [9.17, 15) is 14.4 Å². The molecule has 1 aliphatic rings. The molecule has 1 aromatic carbocycles. The Labute approximate surface area is 166 Å². The van der Waals surface area contributed by atoms with Crippen LogP contribution in [-0.4, -0.2) is 41.9 Å². The number of carbonyl (C=O) groups excluding carboxylic acids is 3. The Kier molecular flexibility index (Phi) is 7.38. The third-order valence-corrected chi connectivity index (χ3v) is 5.08. The quantitative estimate of drug-likeness (QED) is 0.731. The van der Waals surface area contributed by atoms with Crippen LogP contribution >= 0.6 is 0 Å². The van der Waals surface area contributed by atoms with Gasteiger partial charge >= 0.3 is 5.97 Å². The first kappa shape index (κ1) is 21.7. The summed E-state index contributed by atoms with van der Waals surface area (Å²) in [5.41, 5.74) is 2.89. The first-order chi connectivity index (χ1) is 13.3. The molecule has 152 valence electrons. The van der Waals surface area contributed by atoms with E-state index in [4.69, 9.17) is 4.74 Å². The van der Waals surface area contributed by atoms with Crippen LogP contribution in [0.4, 0.5) is 0 Å². The third kappa shape index (κ3) is 5.00. The van der Waals surface area contributed by atoms with E-state index in [1.54, 1.807) is 13.8 Å². The number of nitrogens with zero attached hydrogens (tertiary/aromatic N) is 1. The molecular formula is C22H30N2O4. The lowest BCUT2D eigenvalue weighted by Gasteiger charge is -2.34. The van der Waals surface area contributed by atoms with Crippen molar-refractivity contribution in [2.45, 2.75) is 59.4 Å². The lowest BCUT2D eigenvalue weighted by atomic mass is 9.83. The maximum absolute atomic E-state index is 12.8. The number of carbonyl (C=O) groups is 3. The fourth-order valence-corrected chi connectivity index (χ4v) is 3.41. The zero-order chi connectivity index (χ0) is 20.8. The summed E-state index contributed by atoms with van der Waals surface area (Å²) in [5, 5.41) is 2.87. The molecule has 6 nitrogen and oxygen atoms in total. The van der Waals surface area contributed by atoms with E-state index in [0.717, 1.165) is 17.5 Å². The number of aryl methyl sites for hydroxylation is 1. The van der Waals surface area contributed by atoms with E-state index in [1.165, 1.54) is 4.90 Å². The van der Waals surface area contributed by atoms with Gasteiger partial charge in [0, 0.05) is 24.1 Å². The molecule has 6 heteroatoms. The van der Waals surface area contributed by atoms with Crippen LogP contribution in [0, 0.1) is 6.92 Å². The van der Waals surface area contributed by atoms with Gasteiger partial charge in [-0.15, -0.1) is 0 Å². The molecule has 0 aliphatic carbocycles. The van der Waals surface area contributed by atoms with Crippen molar-refractivity contribution in [1.29, 1.82) is 0 Å². The van der Waals surface area contributed by atoms with Crippen LogP contribution in [0.3, 0.4) is 0 Å². The van der Waals surface area contributed by atoms with E-state index in [0.29, 0.717) is 11.3 Å². The first-order valence-corrected chi connectivity index (χ1v) is 9.82. The maximum atomic E-state index is 12.8. The lowest BCUT2D eigenvalue weighted by Crippen LogP contribution is -2.45. The van der Waals surface area contributed by atoms with Gasteiger partial charge in [0.1, 0.15) is 6.54 Å². The molecule has 2 atom stereocenters. The van der Waals surface area contributed by atoms with Crippen molar-refractivity contribution < 1.29 is 19.1 Å². The van der Waals surface area contributed by atoms with Gasteiger partial charge in [0.15, 0.2) is 0 Å². The zero-order valence-electron chi connectivity index (χ0n) is 17.4. The van der Waals surface area contributed by atoms with Gasteiger partial charge in [-0.3, -0.25) is 9.59 Å². The van der Waals surface area contributed by atoms with Gasteiger partial charge in [0.2, 0.25) is 11.8 Å². The normalized spacial score (nSPS) is 18.1. The van der Waals surface area contributed by atoms with E-state index in [1.807, 2.05) is 45.0 Å². The number of allylic oxidation sites excluding steroid dienone is 1. The topological polar surface area (TPSA) is 75.7 Å². The van der Waals surface area contributed by atoms with Gasteiger partial charge in [0.05, 0.1) is 12.2 Å². The second-order valence-corrected chi connectivity index (χ2v) is 7.25. The first-order valence-electron chi connectivity index (χ1n) is 9.82. The summed E-state index contributed by atoms with van der Waals surface area (Å²) in [6.45, 7) is 9.48. The molecule has 28 heavy (non-hydrogen) atoms. The second kappa shape index (κ2) is 9.53. The van der Waals surface area contributed by atoms with Crippen LogP contribution in [0.15, 0.2) is 35.5 Å². The number of benzene rings is 1. The summed E-state index contributed by atoms with van der Waals surface area (Å²) in [7, 11) is 0. The number of ether oxygens (including phenoxy) is 1. The fourth-order valence-electron chi connectivity index (χ4n) is 3.41. The Hall–Kier alpha value is -2.63. The standard InChI is InChI=1S/C22H30N2O4/c1-6-15(4)23-19(25)13-24-16(5)21(22(27)28-7-2)18(12-20(24)26)17-10-8-9-14(3)11-17/h8-11,15,18H,6-7,12-13H2,1-5H3,(H,23,25). The van der Waals surface area contributed by atoms with Crippen molar-refractivity contribution in [2.24, 2.45) is 0 Å². The number of hydrogen-bond acceptors (Lipinski definition) is 4. The van der Waals surface area contributed by atoms with Gasteiger partial charge in [0.25, 0.3) is 0 Å². The molecule has 1 aliphatic heterocycles. The fraction of sp³-hybridized carbons (Fsp3) is 0.500. The molecule has 0 spiro atoms. The monoisotopic (exact) mass is 386 g/mol. The molecule has 0 fully saturated rings. The largest absolute Gasteiger partial charge is 0.463 e. The molecular weight excluding hydrogens is 356 g/mol. The van der Waals surface area contributed by atoms with Crippen molar-refractivity contribution in [2.75, 3.05) is 13.2 Å². The Morgan fingerprint density at radius 2 is 2.00 bits per heavy atom. The molecule has 0 bridgehead atoms. The SMILES string of the molecule is CCOC(=O)C1=C(C)N(CC(=O)NC(C)CC)C(=O)CC1c1cccc(C)c1. The van der Waals surface area contributed by atoms with Crippen LogP contribution < -0.4 is 5.32 Å². The molecule has 0 radical (unpaired) electrons. The van der Waals surface area contributed by atoms with E-state index in [-0.39, 0.29) is 43.3 Å². The number of rotatable bonds is 7. The number of amides is 2. The van der Waals surface area contributed by atoms with Crippen LogP contribution in [-0.2, 0) is 19.1 Å². The highest BCUT2D eigenvalue weighted by Crippen LogP contribution is 2.37. The summed E-state index contributed by atoms with van der Waals surface area (Å²) < 4.78 is 5.27. The van der Waals surface area contributed by atoms with Gasteiger partial charge < -0.3 is 15.0 Å². The van der Waals surface area contributed by atoms with E-state index >= 15 is 0 Å². The predicted octanol–water partition coefficient (Wildman–Crippen LogP) is 3.06. The summed E-state index contributed by atoms with van der Waals surface area (Å²) >= 11 is 0. The molecule has 2 rings (SSSR count). The Balaban J connectivity index is 2.40. The molecule has 0 saturated heterocycles. The third-order valence-electron chi connectivity index (χ3n) is 5.08. The molecule has 1 heterocycles. The minimum Gasteiger partial charge on any atom is -0.463 e. The average Bonchev–Trinajstić information content (AvgIpc) is 2.64. The Bertz CT molecular complexity index is 784. The highest BCUT2D eigenvalue weighted by molar-refractivity contribution is 5.97. The van der Waals surface area contributed by atoms with Crippen LogP contribution in [0.5, 0.6) is 0 Å². The number of hydrogen-bond donors (Lipinski definition) is 1. The minimum atomic E-state index is -0.439. The predicted molar refractivity (Wildman–Crippen MR) is 107 cm³/mol. The second-order valence-electron chi connectivity index (χ2n) is 7.25. The summed E-state index contributed by atoms with van der Waals surface area (Å²) in [6.07, 6.45) is 0.934. The smallest absolute Gasteiger partial charge is 0.336 e. The maximum Gasteiger partial charge on any atom is 0.336 e. The molecule has 2 unspecified atom stereocenters. The molecule has 2 amide bonds. The molecule has 0 aromatic heterocycles. The Morgan fingerprint density at radius 1 is 1.29 bits per heavy atom. The summed E-state index contributed by atoms with van der Waals surface area (Å²) in [6, 6.07) is 7.82. The van der Waals surface area contributed by atoms with Gasteiger partial charge in [-0.1, -0.05) is 36.8 Å². The van der Waals surface area contributed by atoms with Crippen molar-refractivity contribution in [3.63, 3.8) is 0 Å². The van der Waals surface area contributed by atoms with Crippen LogP contribution in [0.1, 0.15) is 57.6 Å². The van der Waals surface area contributed by atoms with Gasteiger partial charge in [-0.2, -0.15) is 0 Å². The minimum absolute atomic E-state index is 0.0289. The van der Waals surface area contributed by atoms with Crippen molar-refractivity contribution in [1.82, 2.24) is 10.2 Å². The molecule has 1 N–H and O–H groups in total. The highest BCUT2D eigenvalue weighted by Gasteiger charge is 2.37. The average molecular weight is 386 g/mol. The Morgan fingerprint density at radius 3 is 2.61 bits per heavy atom. The lowest BCUT2D eigenvalue weighted by molar-refractivity contribution is -0.141. The van der Waals surface area contributed by atoms with Crippen molar-refractivity contribution in [3.8, 4) is 0 Å². The molecule has 0 saturated carbocycles. The number of esters is 1. The van der Waals surface area contributed by atoms with E-state index < -0.39 is 5.97 Å². The van der Waals surface area contributed by atoms with Crippen LogP contribution in [0.25, 0.3) is 0 Å². The van der Waals surface area contributed by atoms with Gasteiger partial charge in [-0.05, 0) is 39.7 Å². The zero-order valence-corrected chi connectivity index (χ0v) is 17.4. The van der Waals surface area contributed by atoms with Gasteiger partial charge in [-0.25, -0.2) is 4.79 Å². The summed E-state index contributed by atoms with van der Waals surface area (Å²) in [5.74, 6) is -1.22. The highest BCUT2D eigenvalue weighted by atomic mass is 16.5. The number of nitrogens with one attached hydrogen (secondary N) is 1. The van der Waals surface area contributed by atoms with E-state index in [2.05, 4.69) is 5.32 Å². The molecule has 1 aromatic rings.